The predicted octanol–water partition coefficient (Wildman–Crippen LogP) is 4.09. The molecule has 0 aliphatic carbocycles. The molecule has 2 aromatic carbocycles. The number of piperidine rings is 1. The highest BCUT2D eigenvalue weighted by Crippen LogP contribution is 2.34. The number of imidazole rings is 1. The average molecular weight is 442 g/mol. The minimum atomic E-state index is -4.47. The molecule has 0 radical (unpaired) electrons. The number of rotatable bonds is 3. The molecular weight excluding hydrogens is 421 g/mol. The van der Waals surface area contributed by atoms with Gasteiger partial charge in [0.2, 0.25) is 5.91 Å². The Hall–Kier alpha value is -3.20. The summed E-state index contributed by atoms with van der Waals surface area (Å²) in [7, 11) is 0. The lowest BCUT2D eigenvalue weighted by Gasteiger charge is -2.34. The molecule has 2 saturated heterocycles. The second-order valence-corrected chi connectivity index (χ2v) is 8.28. The number of carbonyl (C=O) groups excluding carboxylic acids is 2. The summed E-state index contributed by atoms with van der Waals surface area (Å²) in [5, 5.41) is 0. The van der Waals surface area contributed by atoms with Crippen molar-refractivity contribution in [2.24, 2.45) is 0 Å². The highest BCUT2D eigenvalue weighted by molar-refractivity contribution is 6.22. The van der Waals surface area contributed by atoms with Crippen molar-refractivity contribution in [1.82, 2.24) is 14.9 Å². The number of fused-ring (bicyclic) bond motifs is 1. The van der Waals surface area contributed by atoms with Crippen molar-refractivity contribution in [2.75, 3.05) is 18.0 Å². The third-order valence-corrected chi connectivity index (χ3v) is 6.34. The fourth-order valence-electron chi connectivity index (χ4n) is 4.62. The zero-order valence-electron chi connectivity index (χ0n) is 17.1. The Morgan fingerprint density at radius 2 is 1.66 bits per heavy atom. The van der Waals surface area contributed by atoms with E-state index >= 15 is 0 Å². The Bertz CT molecular complexity index is 1130. The molecule has 1 atom stereocenters. The Labute approximate surface area is 182 Å². The van der Waals surface area contributed by atoms with Gasteiger partial charge in [0.15, 0.2) is 0 Å². The zero-order chi connectivity index (χ0) is 22.5. The van der Waals surface area contributed by atoms with E-state index in [1.165, 1.54) is 12.1 Å². The molecular formula is C23H21F3N4O2. The number of nitrogens with zero attached hydrogens (tertiary/aromatic N) is 3. The molecule has 3 aromatic rings. The van der Waals surface area contributed by atoms with Crippen molar-refractivity contribution in [1.29, 1.82) is 0 Å². The number of likely N-dealkylation sites (tertiary alicyclic amines) is 1. The van der Waals surface area contributed by atoms with Crippen molar-refractivity contribution in [3.05, 3.63) is 59.9 Å². The van der Waals surface area contributed by atoms with E-state index in [0.717, 1.165) is 46.7 Å². The molecule has 166 valence electrons. The maximum absolute atomic E-state index is 13.0. The van der Waals surface area contributed by atoms with Gasteiger partial charge in [-0.15, -0.1) is 0 Å². The van der Waals surface area contributed by atoms with Crippen molar-refractivity contribution in [2.45, 2.75) is 37.4 Å². The van der Waals surface area contributed by atoms with Gasteiger partial charge in [-0.1, -0.05) is 12.1 Å². The number of imide groups is 1. The van der Waals surface area contributed by atoms with E-state index in [-0.39, 0.29) is 29.8 Å². The molecule has 32 heavy (non-hydrogen) atoms. The summed E-state index contributed by atoms with van der Waals surface area (Å²) in [5.41, 5.74) is 1.28. The molecule has 6 nitrogen and oxygen atoms in total. The van der Waals surface area contributed by atoms with Gasteiger partial charge in [0, 0.05) is 5.92 Å². The van der Waals surface area contributed by atoms with Crippen LogP contribution in [0.15, 0.2) is 48.5 Å². The first kappa shape index (κ1) is 20.7. The molecule has 9 heteroatoms. The number of carbonyl (C=O) groups is 2. The normalized spacial score (nSPS) is 21.1. The summed E-state index contributed by atoms with van der Waals surface area (Å²) in [6, 6.07) is 11.4. The molecule has 0 spiro atoms. The number of anilines is 1. The van der Waals surface area contributed by atoms with Gasteiger partial charge < -0.3 is 4.98 Å². The Balaban J connectivity index is 1.26. The number of amides is 2. The van der Waals surface area contributed by atoms with E-state index in [9.17, 15) is 22.8 Å². The van der Waals surface area contributed by atoms with Gasteiger partial charge in [-0.05, 0) is 62.3 Å². The highest BCUT2D eigenvalue weighted by atomic mass is 19.4. The number of aromatic amines is 1. The number of nitrogens with one attached hydrogen (secondary N) is 1. The quantitative estimate of drug-likeness (QED) is 0.621. The molecule has 3 heterocycles. The first-order valence-corrected chi connectivity index (χ1v) is 10.5. The van der Waals surface area contributed by atoms with Gasteiger partial charge in [-0.2, -0.15) is 13.2 Å². The van der Waals surface area contributed by atoms with E-state index in [0.29, 0.717) is 13.1 Å². The van der Waals surface area contributed by atoms with E-state index < -0.39 is 17.8 Å². The molecule has 1 N–H and O–H groups in total. The molecule has 2 amide bonds. The number of aromatic nitrogens is 2. The van der Waals surface area contributed by atoms with Gasteiger partial charge in [-0.25, -0.2) is 9.88 Å². The summed E-state index contributed by atoms with van der Waals surface area (Å²) in [6.07, 6.45) is -2.82. The van der Waals surface area contributed by atoms with E-state index in [1.807, 2.05) is 29.2 Å². The Kier molecular flexibility index (Phi) is 5.00. The third kappa shape index (κ3) is 3.66. The largest absolute Gasteiger partial charge is 0.416 e. The summed E-state index contributed by atoms with van der Waals surface area (Å²) < 4.78 is 38.4. The standard InChI is InChI=1S/C23H21F3N4O2/c24-23(25,26)15-5-7-16(8-6-15)30-20(31)13-19(22(30)32)29-11-9-14(10-12-29)21-27-17-3-1-2-4-18(17)28-21/h1-8,14,19H,9-13H2,(H,27,28)/t19-/m0/s1. The number of para-hydroxylation sites is 2. The zero-order valence-corrected chi connectivity index (χ0v) is 17.1. The van der Waals surface area contributed by atoms with Gasteiger partial charge >= 0.3 is 6.18 Å². The van der Waals surface area contributed by atoms with Crippen LogP contribution in [-0.2, 0) is 15.8 Å². The summed E-state index contributed by atoms with van der Waals surface area (Å²) >= 11 is 0. The van der Waals surface area contributed by atoms with E-state index in [2.05, 4.69) is 9.97 Å². The molecule has 2 aliphatic rings. The Morgan fingerprint density at radius 3 is 2.31 bits per heavy atom. The predicted molar refractivity (Wildman–Crippen MR) is 112 cm³/mol. The lowest BCUT2D eigenvalue weighted by molar-refractivity contribution is -0.137. The summed E-state index contributed by atoms with van der Waals surface area (Å²) in [5.74, 6) is 0.416. The molecule has 1 aromatic heterocycles. The van der Waals surface area contributed by atoms with Crippen LogP contribution in [0.2, 0.25) is 0 Å². The first-order valence-electron chi connectivity index (χ1n) is 10.5. The van der Waals surface area contributed by atoms with Crippen LogP contribution in [-0.4, -0.2) is 45.8 Å². The highest BCUT2D eigenvalue weighted by Gasteiger charge is 2.44. The van der Waals surface area contributed by atoms with Gasteiger partial charge in [0.05, 0.1) is 34.7 Å². The van der Waals surface area contributed by atoms with E-state index in [1.54, 1.807) is 0 Å². The minimum Gasteiger partial charge on any atom is -0.342 e. The molecule has 2 fully saturated rings. The van der Waals surface area contributed by atoms with Crippen molar-refractivity contribution in [3.63, 3.8) is 0 Å². The van der Waals surface area contributed by atoms with Crippen molar-refractivity contribution < 1.29 is 22.8 Å². The average Bonchev–Trinajstić information content (AvgIpc) is 3.34. The van der Waals surface area contributed by atoms with Crippen LogP contribution in [0.5, 0.6) is 0 Å². The van der Waals surface area contributed by atoms with Crippen LogP contribution in [0.4, 0.5) is 18.9 Å². The van der Waals surface area contributed by atoms with Crippen LogP contribution >= 0.6 is 0 Å². The molecule has 0 bridgehead atoms. The maximum Gasteiger partial charge on any atom is 0.416 e. The lowest BCUT2D eigenvalue weighted by Crippen LogP contribution is -2.45. The number of benzene rings is 2. The maximum atomic E-state index is 13.0. The van der Waals surface area contributed by atoms with Crippen LogP contribution in [0.3, 0.4) is 0 Å². The molecule has 0 saturated carbocycles. The smallest absolute Gasteiger partial charge is 0.342 e. The number of hydrogen-bond acceptors (Lipinski definition) is 4. The summed E-state index contributed by atoms with van der Waals surface area (Å²) in [4.78, 5) is 36.6. The van der Waals surface area contributed by atoms with Crippen LogP contribution < -0.4 is 4.90 Å². The van der Waals surface area contributed by atoms with Crippen LogP contribution in [0.25, 0.3) is 11.0 Å². The van der Waals surface area contributed by atoms with Crippen molar-refractivity contribution >= 4 is 28.5 Å². The van der Waals surface area contributed by atoms with Gasteiger partial charge in [0.1, 0.15) is 5.82 Å². The van der Waals surface area contributed by atoms with Crippen LogP contribution in [0.1, 0.15) is 36.6 Å². The molecule has 0 unspecified atom stereocenters. The first-order chi connectivity index (χ1) is 15.3. The number of halogens is 3. The van der Waals surface area contributed by atoms with Crippen molar-refractivity contribution in [3.8, 4) is 0 Å². The van der Waals surface area contributed by atoms with Crippen LogP contribution in [0, 0.1) is 0 Å². The topological polar surface area (TPSA) is 69.3 Å². The number of hydrogen-bond donors (Lipinski definition) is 1. The Morgan fingerprint density at radius 1 is 0.969 bits per heavy atom. The van der Waals surface area contributed by atoms with Gasteiger partial charge in [-0.3, -0.25) is 14.5 Å². The fourth-order valence-corrected chi connectivity index (χ4v) is 4.62. The second kappa shape index (κ2) is 7.74. The second-order valence-electron chi connectivity index (χ2n) is 8.28. The number of alkyl halides is 3. The SMILES string of the molecule is O=C1C[C@H](N2CCC(c3nc4ccccc4[nH]3)CC2)C(=O)N1c1ccc(C(F)(F)F)cc1. The molecule has 2 aliphatic heterocycles. The van der Waals surface area contributed by atoms with Gasteiger partial charge in [0.25, 0.3) is 5.91 Å². The molecule has 5 rings (SSSR count). The summed E-state index contributed by atoms with van der Waals surface area (Å²) in [6.45, 7) is 1.29. The minimum absolute atomic E-state index is 0.0369. The fraction of sp³-hybridized carbons (Fsp3) is 0.348. The third-order valence-electron chi connectivity index (χ3n) is 6.34. The lowest BCUT2D eigenvalue weighted by atomic mass is 9.95. The van der Waals surface area contributed by atoms with E-state index in [4.69, 9.17) is 0 Å². The monoisotopic (exact) mass is 442 g/mol. The number of H-pyrrole nitrogens is 1.